The van der Waals surface area contributed by atoms with Crippen molar-refractivity contribution < 1.29 is 13.2 Å². The summed E-state index contributed by atoms with van der Waals surface area (Å²) in [5, 5.41) is 4.15. The van der Waals surface area contributed by atoms with Crippen LogP contribution < -0.4 is 16.3 Å². The predicted octanol–water partition coefficient (Wildman–Crippen LogP) is 1.59. The van der Waals surface area contributed by atoms with Gasteiger partial charge in [0.15, 0.2) is 5.84 Å². The van der Waals surface area contributed by atoms with Crippen LogP contribution in [0.5, 0.6) is 0 Å². The van der Waals surface area contributed by atoms with Crippen molar-refractivity contribution in [1.82, 2.24) is 16.3 Å². The molecule has 0 fully saturated rings. The average Bonchev–Trinajstić information content (AvgIpc) is 2.29. The number of hydrogen-bond donors (Lipinski definition) is 3. The quantitative estimate of drug-likeness (QED) is 0.722. The highest BCUT2D eigenvalue weighted by Gasteiger charge is 2.41. The van der Waals surface area contributed by atoms with Crippen LogP contribution in [0.3, 0.4) is 0 Å². The normalized spacial score (nSPS) is 20.2. The van der Waals surface area contributed by atoms with Crippen LogP contribution in [0.2, 0.25) is 5.02 Å². The Bertz CT molecular complexity index is 429. The number of halogens is 4. The van der Waals surface area contributed by atoms with E-state index in [4.69, 9.17) is 11.6 Å². The molecule has 1 aliphatic rings. The van der Waals surface area contributed by atoms with Gasteiger partial charge in [0, 0.05) is 10.6 Å². The topological polar surface area (TPSA) is 48.5 Å². The number of hydrazone groups is 1. The molecule has 8 heteroatoms. The number of amidine groups is 1. The minimum Gasteiger partial charge on any atom is -0.302 e. The first-order valence-corrected chi connectivity index (χ1v) is 5.02. The number of hydrogen-bond acceptors (Lipinski definition) is 4. The van der Waals surface area contributed by atoms with Gasteiger partial charge in [0.05, 0.1) is 0 Å². The lowest BCUT2D eigenvalue weighted by Crippen LogP contribution is -2.61. The van der Waals surface area contributed by atoms with Gasteiger partial charge in [0.25, 0.3) is 0 Å². The number of benzene rings is 1. The van der Waals surface area contributed by atoms with Crippen LogP contribution in [0.4, 0.5) is 13.2 Å². The van der Waals surface area contributed by atoms with E-state index in [9.17, 15) is 13.2 Å². The smallest absolute Gasteiger partial charge is 0.302 e. The highest BCUT2D eigenvalue weighted by molar-refractivity contribution is 6.30. The molecular weight excluding hydrogens is 257 g/mol. The molecule has 92 valence electrons. The van der Waals surface area contributed by atoms with Crippen molar-refractivity contribution in [2.75, 3.05) is 0 Å². The number of hydrazine groups is 1. The standard InChI is InChI=1S/C9H8ClF3N4/c10-6-3-1-5(2-4-6)7-14-16-8(17-15-7)9(11,12)13/h1-4,8,16-17H,(H,14,15). The molecule has 1 heterocycles. The Balaban J connectivity index is 2.11. The van der Waals surface area contributed by atoms with Crippen molar-refractivity contribution in [2.24, 2.45) is 5.10 Å². The molecule has 4 nitrogen and oxygen atoms in total. The first-order chi connectivity index (χ1) is 7.97. The Hall–Kier alpha value is -1.47. The van der Waals surface area contributed by atoms with Crippen molar-refractivity contribution in [3.63, 3.8) is 0 Å². The van der Waals surface area contributed by atoms with Crippen LogP contribution in [-0.2, 0) is 0 Å². The summed E-state index contributed by atoms with van der Waals surface area (Å²) in [4.78, 5) is 0. The van der Waals surface area contributed by atoms with Crippen LogP contribution in [0, 0.1) is 0 Å². The third-order valence-corrected chi connectivity index (χ3v) is 2.34. The molecule has 17 heavy (non-hydrogen) atoms. The summed E-state index contributed by atoms with van der Waals surface area (Å²) < 4.78 is 36.8. The lowest BCUT2D eigenvalue weighted by molar-refractivity contribution is -0.166. The van der Waals surface area contributed by atoms with Gasteiger partial charge in [-0.2, -0.15) is 18.3 Å². The maximum absolute atomic E-state index is 12.3. The van der Waals surface area contributed by atoms with Gasteiger partial charge in [-0.3, -0.25) is 5.43 Å². The van der Waals surface area contributed by atoms with E-state index >= 15 is 0 Å². The van der Waals surface area contributed by atoms with Gasteiger partial charge >= 0.3 is 6.18 Å². The third kappa shape index (κ3) is 2.80. The SMILES string of the molecule is FC(F)(F)C1NN=C(c2ccc(Cl)cc2)NN1. The summed E-state index contributed by atoms with van der Waals surface area (Å²) in [6.45, 7) is 0. The zero-order valence-electron chi connectivity index (χ0n) is 8.35. The van der Waals surface area contributed by atoms with E-state index in [2.05, 4.69) is 16.0 Å². The second-order valence-corrected chi connectivity index (χ2v) is 3.78. The summed E-state index contributed by atoms with van der Waals surface area (Å²) in [6, 6.07) is 6.53. The fraction of sp³-hybridized carbons (Fsp3) is 0.222. The lowest BCUT2D eigenvalue weighted by Gasteiger charge is -2.27. The van der Waals surface area contributed by atoms with E-state index in [1.54, 1.807) is 24.3 Å². The average molecular weight is 265 g/mol. The molecule has 1 atom stereocenters. The summed E-state index contributed by atoms with van der Waals surface area (Å²) in [5.41, 5.74) is 7.06. The first-order valence-electron chi connectivity index (χ1n) is 4.64. The summed E-state index contributed by atoms with van der Waals surface area (Å²) in [5.74, 6) is 0.266. The van der Waals surface area contributed by atoms with Gasteiger partial charge in [0.2, 0.25) is 6.17 Å². The Morgan fingerprint density at radius 1 is 1.18 bits per heavy atom. The largest absolute Gasteiger partial charge is 0.425 e. The molecule has 0 aliphatic carbocycles. The van der Waals surface area contributed by atoms with Crippen LogP contribution in [0.25, 0.3) is 0 Å². The Kier molecular flexibility index (Phi) is 3.12. The van der Waals surface area contributed by atoms with Crippen molar-refractivity contribution in [3.8, 4) is 0 Å². The molecule has 0 amide bonds. The zero-order chi connectivity index (χ0) is 12.5. The summed E-state index contributed by atoms with van der Waals surface area (Å²) in [7, 11) is 0. The van der Waals surface area contributed by atoms with Crippen LogP contribution >= 0.6 is 11.6 Å². The van der Waals surface area contributed by atoms with Crippen molar-refractivity contribution in [1.29, 1.82) is 0 Å². The molecule has 0 saturated heterocycles. The second-order valence-electron chi connectivity index (χ2n) is 3.34. The Morgan fingerprint density at radius 2 is 1.82 bits per heavy atom. The zero-order valence-corrected chi connectivity index (χ0v) is 9.10. The number of nitrogens with zero attached hydrogens (tertiary/aromatic N) is 1. The van der Waals surface area contributed by atoms with E-state index < -0.39 is 12.3 Å². The summed E-state index contributed by atoms with van der Waals surface area (Å²) in [6.07, 6.45) is -6.32. The molecule has 3 N–H and O–H groups in total. The fourth-order valence-corrected chi connectivity index (χ4v) is 1.36. The van der Waals surface area contributed by atoms with Crippen LogP contribution in [0.15, 0.2) is 29.4 Å². The molecule has 0 spiro atoms. The van der Waals surface area contributed by atoms with Gasteiger partial charge in [-0.05, 0) is 24.3 Å². The van der Waals surface area contributed by atoms with E-state index in [1.807, 2.05) is 5.43 Å². The van der Waals surface area contributed by atoms with Crippen molar-refractivity contribution >= 4 is 17.4 Å². The molecule has 1 aromatic rings. The number of alkyl halides is 3. The molecule has 1 aliphatic heterocycles. The molecule has 0 radical (unpaired) electrons. The number of rotatable bonds is 1. The van der Waals surface area contributed by atoms with Crippen molar-refractivity contribution in [3.05, 3.63) is 34.9 Å². The lowest BCUT2D eigenvalue weighted by atomic mass is 10.2. The fourth-order valence-electron chi connectivity index (χ4n) is 1.23. The first kappa shape index (κ1) is 12.0. The van der Waals surface area contributed by atoms with E-state index in [0.717, 1.165) is 0 Å². The van der Waals surface area contributed by atoms with E-state index in [1.165, 1.54) is 0 Å². The number of nitrogens with one attached hydrogen (secondary N) is 3. The van der Waals surface area contributed by atoms with Crippen molar-refractivity contribution in [2.45, 2.75) is 12.3 Å². The van der Waals surface area contributed by atoms with Gasteiger partial charge in [0.1, 0.15) is 0 Å². The maximum Gasteiger partial charge on any atom is 0.425 e. The maximum atomic E-state index is 12.3. The monoisotopic (exact) mass is 264 g/mol. The molecule has 0 aromatic heterocycles. The molecule has 0 saturated carbocycles. The van der Waals surface area contributed by atoms with E-state index in [0.29, 0.717) is 10.6 Å². The second kappa shape index (κ2) is 4.42. The molecule has 1 aromatic carbocycles. The molecule has 0 bridgehead atoms. The molecular formula is C9H8ClF3N4. The summed E-state index contributed by atoms with van der Waals surface area (Å²) >= 11 is 5.69. The Labute approximate surface area is 99.8 Å². The molecule has 1 unspecified atom stereocenters. The van der Waals surface area contributed by atoms with Gasteiger partial charge in [-0.25, -0.2) is 5.43 Å². The van der Waals surface area contributed by atoms with Crippen LogP contribution in [-0.4, -0.2) is 18.2 Å². The predicted molar refractivity (Wildman–Crippen MR) is 57.2 cm³/mol. The third-order valence-electron chi connectivity index (χ3n) is 2.09. The van der Waals surface area contributed by atoms with Crippen LogP contribution in [0.1, 0.15) is 5.56 Å². The highest BCUT2D eigenvalue weighted by Crippen LogP contribution is 2.19. The van der Waals surface area contributed by atoms with E-state index in [-0.39, 0.29) is 5.84 Å². The highest BCUT2D eigenvalue weighted by atomic mass is 35.5. The Morgan fingerprint density at radius 3 is 2.29 bits per heavy atom. The molecule has 2 rings (SSSR count). The minimum absolute atomic E-state index is 0.266. The van der Waals surface area contributed by atoms with Gasteiger partial charge in [-0.1, -0.05) is 11.6 Å². The van der Waals surface area contributed by atoms with Gasteiger partial charge in [-0.15, -0.1) is 0 Å². The van der Waals surface area contributed by atoms with Gasteiger partial charge < -0.3 is 5.43 Å². The minimum atomic E-state index is -4.41.